The number of rotatable bonds is 7. The third kappa shape index (κ3) is 4.72. The van der Waals surface area contributed by atoms with E-state index in [1.807, 2.05) is 98.8 Å². The van der Waals surface area contributed by atoms with Gasteiger partial charge in [-0.25, -0.2) is 0 Å². The Kier molecular flexibility index (Phi) is 5.94. The van der Waals surface area contributed by atoms with E-state index in [4.69, 9.17) is 4.42 Å². The van der Waals surface area contributed by atoms with Gasteiger partial charge in [0.2, 0.25) is 17.7 Å². The summed E-state index contributed by atoms with van der Waals surface area (Å²) >= 11 is 0. The largest absolute Gasteiger partial charge is 0.421 e. The number of aromatic nitrogens is 2. The third-order valence-corrected chi connectivity index (χ3v) is 5.42. The van der Waals surface area contributed by atoms with Crippen LogP contribution in [0.4, 0.5) is 0 Å². The lowest BCUT2D eigenvalue weighted by molar-refractivity contribution is -0.122. The summed E-state index contributed by atoms with van der Waals surface area (Å²) in [5, 5.41) is 11.4. The molecule has 0 saturated heterocycles. The van der Waals surface area contributed by atoms with Gasteiger partial charge in [-0.15, -0.1) is 10.2 Å². The molecule has 1 aromatic heterocycles. The average Bonchev–Trinajstić information content (AvgIpc) is 3.28. The van der Waals surface area contributed by atoms with Crippen molar-refractivity contribution in [1.29, 1.82) is 0 Å². The molecule has 4 aromatic rings. The van der Waals surface area contributed by atoms with Crippen molar-refractivity contribution >= 4 is 5.91 Å². The maximum Gasteiger partial charge on any atom is 0.247 e. The first kappa shape index (κ1) is 20.5. The van der Waals surface area contributed by atoms with Crippen LogP contribution in [0.2, 0.25) is 0 Å². The van der Waals surface area contributed by atoms with Gasteiger partial charge in [0.25, 0.3) is 0 Å². The van der Waals surface area contributed by atoms with Crippen molar-refractivity contribution in [3.05, 3.63) is 108 Å². The van der Waals surface area contributed by atoms with Gasteiger partial charge in [0, 0.05) is 18.4 Å². The van der Waals surface area contributed by atoms with Gasteiger partial charge >= 0.3 is 0 Å². The summed E-state index contributed by atoms with van der Waals surface area (Å²) in [6.07, 6.45) is 0.634. The number of carbonyl (C=O) groups excluding carboxylic acids is 1. The normalized spacial score (nSPS) is 11.3. The maximum absolute atomic E-state index is 12.9. The highest BCUT2D eigenvalue weighted by atomic mass is 16.4. The minimum atomic E-state index is -0.637. The number of aryl methyl sites for hydroxylation is 2. The highest BCUT2D eigenvalue weighted by Crippen LogP contribution is 2.29. The summed E-state index contributed by atoms with van der Waals surface area (Å²) in [6.45, 7) is 4.05. The molecule has 0 bridgehead atoms. The quantitative estimate of drug-likeness (QED) is 0.462. The van der Waals surface area contributed by atoms with Gasteiger partial charge in [0.05, 0.1) is 5.54 Å². The smallest absolute Gasteiger partial charge is 0.247 e. The van der Waals surface area contributed by atoms with Crippen molar-refractivity contribution < 1.29 is 9.21 Å². The van der Waals surface area contributed by atoms with Crippen LogP contribution in [0.1, 0.15) is 35.9 Å². The minimum absolute atomic E-state index is 0.0784. The van der Waals surface area contributed by atoms with E-state index in [1.54, 1.807) is 0 Å². The zero-order valence-corrected chi connectivity index (χ0v) is 17.7. The fourth-order valence-corrected chi connectivity index (χ4v) is 3.58. The molecule has 0 fully saturated rings. The number of nitrogens with zero attached hydrogens (tertiary/aromatic N) is 2. The van der Waals surface area contributed by atoms with E-state index in [1.165, 1.54) is 5.56 Å². The lowest BCUT2D eigenvalue weighted by atomic mass is 9.84. The van der Waals surface area contributed by atoms with Gasteiger partial charge in [-0.3, -0.25) is 4.79 Å². The van der Waals surface area contributed by atoms with E-state index in [-0.39, 0.29) is 12.3 Å². The lowest BCUT2D eigenvalue weighted by Crippen LogP contribution is -2.44. The van der Waals surface area contributed by atoms with Crippen LogP contribution >= 0.6 is 0 Å². The number of nitrogens with one attached hydrogen (secondary N) is 1. The summed E-state index contributed by atoms with van der Waals surface area (Å²) in [7, 11) is 0. The highest BCUT2D eigenvalue weighted by molar-refractivity contribution is 5.78. The van der Waals surface area contributed by atoms with E-state index in [9.17, 15) is 4.79 Å². The van der Waals surface area contributed by atoms with E-state index in [2.05, 4.69) is 15.5 Å². The molecule has 4 rings (SSSR count). The number of amides is 1. The highest BCUT2D eigenvalue weighted by Gasteiger charge is 2.30. The van der Waals surface area contributed by atoms with Crippen molar-refractivity contribution in [2.75, 3.05) is 0 Å². The SMILES string of the molecule is Cc1ccc(-c2nnc(CCC(=O)NC(C)(c3ccccc3)c3ccccc3)o2)cc1. The lowest BCUT2D eigenvalue weighted by Gasteiger charge is -2.32. The first-order valence-electron chi connectivity index (χ1n) is 10.4. The predicted molar refractivity (Wildman–Crippen MR) is 120 cm³/mol. The Bertz CT molecular complexity index is 1100. The van der Waals surface area contributed by atoms with E-state index < -0.39 is 5.54 Å². The molecule has 5 nitrogen and oxygen atoms in total. The number of hydrogen-bond acceptors (Lipinski definition) is 4. The second kappa shape index (κ2) is 8.96. The molecule has 1 N–H and O–H groups in total. The second-order valence-electron chi connectivity index (χ2n) is 7.77. The summed E-state index contributed by atoms with van der Waals surface area (Å²) < 4.78 is 5.76. The molecule has 0 atom stereocenters. The average molecular weight is 412 g/mol. The Morgan fingerprint density at radius 3 is 2.03 bits per heavy atom. The zero-order chi connectivity index (χ0) is 21.7. The molecular formula is C26H25N3O2. The summed E-state index contributed by atoms with van der Waals surface area (Å²) in [6, 6.07) is 27.9. The Morgan fingerprint density at radius 1 is 0.871 bits per heavy atom. The monoisotopic (exact) mass is 411 g/mol. The number of benzene rings is 3. The van der Waals surface area contributed by atoms with Crippen molar-refractivity contribution in [2.45, 2.75) is 32.2 Å². The van der Waals surface area contributed by atoms with Crippen LogP contribution in [0, 0.1) is 6.92 Å². The maximum atomic E-state index is 12.9. The minimum Gasteiger partial charge on any atom is -0.421 e. The molecule has 5 heteroatoms. The Hall–Kier alpha value is -3.73. The van der Waals surface area contributed by atoms with Crippen LogP contribution in [0.3, 0.4) is 0 Å². The molecule has 31 heavy (non-hydrogen) atoms. The first-order chi connectivity index (χ1) is 15.0. The molecule has 0 saturated carbocycles. The second-order valence-corrected chi connectivity index (χ2v) is 7.77. The molecule has 1 amide bonds. The fourth-order valence-electron chi connectivity index (χ4n) is 3.58. The Labute approximate surface area is 182 Å². The van der Waals surface area contributed by atoms with Crippen LogP contribution in [0.15, 0.2) is 89.3 Å². The van der Waals surface area contributed by atoms with Crippen LogP contribution in [-0.4, -0.2) is 16.1 Å². The summed E-state index contributed by atoms with van der Waals surface area (Å²) in [4.78, 5) is 12.9. The van der Waals surface area contributed by atoms with Crippen molar-refractivity contribution in [3.63, 3.8) is 0 Å². The molecular weight excluding hydrogens is 386 g/mol. The summed E-state index contributed by atoms with van der Waals surface area (Å²) in [5.74, 6) is 0.839. The van der Waals surface area contributed by atoms with Gasteiger partial charge < -0.3 is 9.73 Å². The van der Waals surface area contributed by atoms with Crippen molar-refractivity contribution in [1.82, 2.24) is 15.5 Å². The van der Waals surface area contributed by atoms with Crippen LogP contribution < -0.4 is 5.32 Å². The van der Waals surface area contributed by atoms with E-state index >= 15 is 0 Å². The Morgan fingerprint density at radius 2 is 1.45 bits per heavy atom. The van der Waals surface area contributed by atoms with Crippen molar-refractivity contribution in [2.24, 2.45) is 0 Å². The molecule has 0 spiro atoms. The first-order valence-corrected chi connectivity index (χ1v) is 10.4. The molecule has 1 heterocycles. The molecule has 0 aliphatic heterocycles. The van der Waals surface area contributed by atoms with E-state index in [0.717, 1.165) is 16.7 Å². The van der Waals surface area contributed by atoms with Gasteiger partial charge in [-0.1, -0.05) is 78.4 Å². The van der Waals surface area contributed by atoms with Crippen LogP contribution in [0.25, 0.3) is 11.5 Å². The molecule has 0 unspecified atom stereocenters. The molecule has 0 aliphatic carbocycles. The molecule has 0 radical (unpaired) electrons. The topological polar surface area (TPSA) is 68.0 Å². The Balaban J connectivity index is 1.46. The van der Waals surface area contributed by atoms with Gasteiger partial charge in [-0.05, 0) is 37.1 Å². The molecule has 156 valence electrons. The van der Waals surface area contributed by atoms with Crippen molar-refractivity contribution in [3.8, 4) is 11.5 Å². The van der Waals surface area contributed by atoms with Gasteiger partial charge in [0.1, 0.15) is 0 Å². The van der Waals surface area contributed by atoms with E-state index in [0.29, 0.717) is 18.2 Å². The number of carbonyl (C=O) groups is 1. The molecule has 0 aliphatic rings. The van der Waals surface area contributed by atoms with Crippen LogP contribution in [-0.2, 0) is 16.8 Å². The fraction of sp³-hybridized carbons (Fsp3) is 0.192. The van der Waals surface area contributed by atoms with Crippen LogP contribution in [0.5, 0.6) is 0 Å². The van der Waals surface area contributed by atoms with Gasteiger partial charge in [-0.2, -0.15) is 0 Å². The zero-order valence-electron chi connectivity index (χ0n) is 17.7. The van der Waals surface area contributed by atoms with Gasteiger partial charge in [0.15, 0.2) is 0 Å². The predicted octanol–water partition coefficient (Wildman–Crippen LogP) is 5.06. The third-order valence-electron chi connectivity index (χ3n) is 5.42. The summed E-state index contributed by atoms with van der Waals surface area (Å²) in [5.41, 5.74) is 3.44. The number of hydrogen-bond donors (Lipinski definition) is 1. The molecule has 3 aromatic carbocycles. The standard InChI is InChI=1S/C26H25N3O2/c1-19-13-15-20(16-14-19)25-29-28-24(31-25)18-17-23(30)27-26(2,21-9-5-3-6-10-21)22-11-7-4-8-12-22/h3-16H,17-18H2,1-2H3,(H,27,30).